The van der Waals surface area contributed by atoms with Gasteiger partial charge in [0.25, 0.3) is 0 Å². The molecule has 1 aliphatic heterocycles. The molecule has 6 nitrogen and oxygen atoms in total. The van der Waals surface area contributed by atoms with E-state index in [4.69, 9.17) is 14.7 Å². The predicted molar refractivity (Wildman–Crippen MR) is 113 cm³/mol. The molecule has 29 heavy (non-hydrogen) atoms. The number of aliphatic imine (C=N–C) groups is 1. The number of carbonyl (C=O) groups excluding carboxylic acids is 1. The van der Waals surface area contributed by atoms with Gasteiger partial charge >= 0.3 is 5.97 Å². The van der Waals surface area contributed by atoms with Crippen molar-refractivity contribution in [3.63, 3.8) is 0 Å². The van der Waals surface area contributed by atoms with Gasteiger partial charge in [-0.3, -0.25) is 0 Å². The molecule has 2 aromatic rings. The number of methoxy groups -OCH3 is 1. The number of hydrogen-bond donors (Lipinski definition) is 0. The molecule has 0 spiro atoms. The molecule has 0 unspecified atom stereocenters. The number of benzene rings is 2. The summed E-state index contributed by atoms with van der Waals surface area (Å²) in [5, 5.41) is 8.83. The van der Waals surface area contributed by atoms with Gasteiger partial charge in [0.1, 0.15) is 5.75 Å². The molecular weight excluding hydrogens is 366 g/mol. The number of esters is 1. The smallest absolute Gasteiger partial charge is 0.363 e. The molecular formula is C23H23N3O3. The third-order valence-electron chi connectivity index (χ3n) is 4.74. The summed E-state index contributed by atoms with van der Waals surface area (Å²) in [7, 11) is 1.56. The van der Waals surface area contributed by atoms with Crippen LogP contribution in [0.1, 0.15) is 30.0 Å². The highest BCUT2D eigenvalue weighted by atomic mass is 16.6. The minimum absolute atomic E-state index is 0.238. The molecule has 0 bridgehead atoms. The number of carbonyl (C=O) groups is 1. The van der Waals surface area contributed by atoms with Crippen LogP contribution >= 0.6 is 0 Å². The second-order valence-electron chi connectivity index (χ2n) is 6.57. The molecule has 0 saturated heterocycles. The summed E-state index contributed by atoms with van der Waals surface area (Å²) in [6.07, 6.45) is 2.21. The summed E-state index contributed by atoms with van der Waals surface area (Å²) in [5.74, 6) is 0.345. The van der Waals surface area contributed by atoms with E-state index in [2.05, 4.69) is 29.0 Å². The third kappa shape index (κ3) is 4.46. The van der Waals surface area contributed by atoms with Crippen LogP contribution in [0.3, 0.4) is 0 Å². The van der Waals surface area contributed by atoms with Crippen molar-refractivity contribution in [3.05, 3.63) is 64.9 Å². The summed E-state index contributed by atoms with van der Waals surface area (Å²) >= 11 is 0. The molecule has 0 N–H and O–H groups in total. The minimum atomic E-state index is -0.487. The van der Waals surface area contributed by atoms with Gasteiger partial charge in [-0.05, 0) is 55.3 Å². The van der Waals surface area contributed by atoms with E-state index in [1.165, 1.54) is 0 Å². The molecule has 0 radical (unpaired) electrons. The summed E-state index contributed by atoms with van der Waals surface area (Å²) in [4.78, 5) is 18.9. The summed E-state index contributed by atoms with van der Waals surface area (Å²) in [6, 6.07) is 15.5. The van der Waals surface area contributed by atoms with E-state index >= 15 is 0 Å². The largest absolute Gasteiger partial charge is 0.496 e. The molecule has 0 amide bonds. The van der Waals surface area contributed by atoms with Gasteiger partial charge in [0.05, 0.1) is 25.2 Å². The summed E-state index contributed by atoms with van der Waals surface area (Å²) < 4.78 is 10.7. The van der Waals surface area contributed by atoms with Crippen LogP contribution in [0.2, 0.25) is 0 Å². The standard InChI is InChI=1S/C23H23N3O3/c1-4-26(13-7-12-24)18-11-10-17(16(2)14-18)15-20-23(27)29-22(25-20)19-8-5-6-9-21(19)28-3/h5-6,8-11,14-15H,4,7,13H2,1-3H3/b20-15-. The minimum Gasteiger partial charge on any atom is -0.496 e. The van der Waals surface area contributed by atoms with Crippen LogP contribution < -0.4 is 9.64 Å². The lowest BCUT2D eigenvalue weighted by Crippen LogP contribution is -2.23. The first kappa shape index (κ1) is 20.2. The van der Waals surface area contributed by atoms with E-state index in [1.54, 1.807) is 25.3 Å². The van der Waals surface area contributed by atoms with Gasteiger partial charge in [-0.2, -0.15) is 5.26 Å². The lowest BCUT2D eigenvalue weighted by Gasteiger charge is -2.22. The number of ether oxygens (including phenoxy) is 2. The van der Waals surface area contributed by atoms with Gasteiger partial charge < -0.3 is 14.4 Å². The topological polar surface area (TPSA) is 74.9 Å². The monoisotopic (exact) mass is 389 g/mol. The summed E-state index contributed by atoms with van der Waals surface area (Å²) in [6.45, 7) is 5.55. The van der Waals surface area contributed by atoms with Crippen molar-refractivity contribution in [1.29, 1.82) is 5.26 Å². The molecule has 0 saturated carbocycles. The van der Waals surface area contributed by atoms with Gasteiger partial charge in [0.2, 0.25) is 5.90 Å². The second kappa shape index (κ2) is 9.07. The fraction of sp³-hybridized carbons (Fsp3) is 0.261. The molecule has 1 heterocycles. The Hall–Kier alpha value is -3.59. The molecule has 2 aromatic carbocycles. The Balaban J connectivity index is 1.89. The molecule has 3 rings (SSSR count). The Morgan fingerprint density at radius 1 is 1.28 bits per heavy atom. The number of aryl methyl sites for hydroxylation is 1. The van der Waals surface area contributed by atoms with Gasteiger partial charge in [-0.15, -0.1) is 0 Å². The van der Waals surface area contributed by atoms with Crippen LogP contribution in [0.25, 0.3) is 6.08 Å². The molecule has 1 aliphatic rings. The first-order valence-electron chi connectivity index (χ1n) is 9.46. The van der Waals surface area contributed by atoms with Crippen molar-refractivity contribution in [1.82, 2.24) is 0 Å². The molecule has 0 atom stereocenters. The Morgan fingerprint density at radius 2 is 2.07 bits per heavy atom. The third-order valence-corrected chi connectivity index (χ3v) is 4.74. The van der Waals surface area contributed by atoms with Crippen molar-refractivity contribution in [2.24, 2.45) is 4.99 Å². The maximum Gasteiger partial charge on any atom is 0.363 e. The number of nitriles is 1. The van der Waals surface area contributed by atoms with Crippen molar-refractivity contribution in [2.45, 2.75) is 20.3 Å². The van der Waals surface area contributed by atoms with Crippen molar-refractivity contribution in [2.75, 3.05) is 25.1 Å². The maximum atomic E-state index is 12.3. The number of cyclic esters (lactones) is 1. The number of hydrogen-bond acceptors (Lipinski definition) is 6. The summed E-state index contributed by atoms with van der Waals surface area (Å²) in [5.41, 5.74) is 3.84. The normalized spacial score (nSPS) is 14.3. The van der Waals surface area contributed by atoms with Crippen LogP contribution in [-0.2, 0) is 9.53 Å². The Bertz CT molecular complexity index is 1020. The first-order chi connectivity index (χ1) is 14.1. The Labute approximate surface area is 170 Å². The van der Waals surface area contributed by atoms with E-state index in [0.29, 0.717) is 24.3 Å². The molecule has 0 fully saturated rings. The van der Waals surface area contributed by atoms with E-state index < -0.39 is 5.97 Å². The van der Waals surface area contributed by atoms with Gasteiger partial charge in [-0.25, -0.2) is 9.79 Å². The Kier molecular flexibility index (Phi) is 6.30. The van der Waals surface area contributed by atoms with Crippen molar-refractivity contribution >= 4 is 23.6 Å². The lowest BCUT2D eigenvalue weighted by atomic mass is 10.1. The van der Waals surface area contributed by atoms with Crippen LogP contribution in [0, 0.1) is 18.3 Å². The molecule has 0 aromatic heterocycles. The van der Waals surface area contributed by atoms with E-state index in [9.17, 15) is 4.79 Å². The zero-order valence-corrected chi connectivity index (χ0v) is 16.8. The lowest BCUT2D eigenvalue weighted by molar-refractivity contribution is -0.129. The number of para-hydroxylation sites is 1. The van der Waals surface area contributed by atoms with Crippen molar-refractivity contribution in [3.8, 4) is 11.8 Å². The van der Waals surface area contributed by atoms with Crippen LogP contribution in [0.15, 0.2) is 53.2 Å². The average molecular weight is 389 g/mol. The van der Waals surface area contributed by atoms with Crippen LogP contribution in [0.4, 0.5) is 5.69 Å². The van der Waals surface area contributed by atoms with E-state index in [-0.39, 0.29) is 11.6 Å². The van der Waals surface area contributed by atoms with Crippen LogP contribution in [0.5, 0.6) is 5.75 Å². The predicted octanol–water partition coefficient (Wildman–Crippen LogP) is 4.09. The highest BCUT2D eigenvalue weighted by Crippen LogP contribution is 2.26. The zero-order chi connectivity index (χ0) is 20.8. The number of nitrogens with zero attached hydrogens (tertiary/aromatic N) is 3. The fourth-order valence-corrected chi connectivity index (χ4v) is 3.17. The second-order valence-corrected chi connectivity index (χ2v) is 6.57. The van der Waals surface area contributed by atoms with Gasteiger partial charge in [0, 0.05) is 18.8 Å². The van der Waals surface area contributed by atoms with E-state index in [0.717, 1.165) is 23.4 Å². The fourth-order valence-electron chi connectivity index (χ4n) is 3.17. The number of anilines is 1. The van der Waals surface area contributed by atoms with E-state index in [1.807, 2.05) is 31.2 Å². The Morgan fingerprint density at radius 3 is 2.76 bits per heavy atom. The molecule has 148 valence electrons. The van der Waals surface area contributed by atoms with Gasteiger partial charge in [0.15, 0.2) is 5.70 Å². The zero-order valence-electron chi connectivity index (χ0n) is 16.8. The average Bonchev–Trinajstić information content (AvgIpc) is 3.10. The molecule has 6 heteroatoms. The highest BCUT2D eigenvalue weighted by molar-refractivity contribution is 6.13. The van der Waals surface area contributed by atoms with Crippen LogP contribution in [-0.4, -0.2) is 32.1 Å². The quantitative estimate of drug-likeness (QED) is 0.527. The molecule has 0 aliphatic carbocycles. The number of rotatable bonds is 7. The van der Waals surface area contributed by atoms with Gasteiger partial charge in [-0.1, -0.05) is 18.2 Å². The first-order valence-corrected chi connectivity index (χ1v) is 9.46. The highest BCUT2D eigenvalue weighted by Gasteiger charge is 2.26. The van der Waals surface area contributed by atoms with Crippen molar-refractivity contribution < 1.29 is 14.3 Å². The SMILES string of the molecule is CCN(CCC#N)c1ccc(/C=C2\N=C(c3ccccc3OC)OC2=O)c(C)c1. The maximum absolute atomic E-state index is 12.3.